The number of hydrogen-bond donors (Lipinski definition) is 0. The standard InChI is InChI=1S/C17H16ClN3O/c1-12(22)20(2)9-13-3-5-14(6-4-13)16-11-21-10-15(18)7-8-17(21)19-16/h3-8,10-11H,9H2,1-2H3. The summed E-state index contributed by atoms with van der Waals surface area (Å²) < 4.78 is 1.91. The van der Waals surface area contributed by atoms with Crippen molar-refractivity contribution >= 4 is 23.2 Å². The molecule has 0 saturated heterocycles. The lowest BCUT2D eigenvalue weighted by atomic mass is 10.1. The van der Waals surface area contributed by atoms with Gasteiger partial charge in [0.05, 0.1) is 10.7 Å². The number of hydrogen-bond acceptors (Lipinski definition) is 2. The Kier molecular flexibility index (Phi) is 3.86. The largest absolute Gasteiger partial charge is 0.342 e. The molecule has 0 atom stereocenters. The number of imidazole rings is 1. The number of carbonyl (C=O) groups excluding carboxylic acids is 1. The molecule has 3 rings (SSSR count). The molecule has 0 N–H and O–H groups in total. The summed E-state index contributed by atoms with van der Waals surface area (Å²) in [4.78, 5) is 17.5. The summed E-state index contributed by atoms with van der Waals surface area (Å²) in [7, 11) is 1.79. The third-order valence-corrected chi connectivity index (χ3v) is 3.85. The van der Waals surface area contributed by atoms with Gasteiger partial charge in [0.15, 0.2) is 0 Å². The lowest BCUT2D eigenvalue weighted by Gasteiger charge is -2.14. The molecule has 2 aromatic heterocycles. The van der Waals surface area contributed by atoms with Crippen LogP contribution in [0.5, 0.6) is 0 Å². The van der Waals surface area contributed by atoms with E-state index >= 15 is 0 Å². The Morgan fingerprint density at radius 3 is 2.59 bits per heavy atom. The molecule has 1 amide bonds. The van der Waals surface area contributed by atoms with Crippen molar-refractivity contribution < 1.29 is 4.79 Å². The highest BCUT2D eigenvalue weighted by Crippen LogP contribution is 2.21. The van der Waals surface area contributed by atoms with Crippen molar-refractivity contribution in [3.8, 4) is 11.3 Å². The summed E-state index contributed by atoms with van der Waals surface area (Å²) in [5.74, 6) is 0.0568. The van der Waals surface area contributed by atoms with E-state index in [-0.39, 0.29) is 5.91 Å². The van der Waals surface area contributed by atoms with Gasteiger partial charge < -0.3 is 9.30 Å². The van der Waals surface area contributed by atoms with Crippen LogP contribution < -0.4 is 0 Å². The molecule has 0 unspecified atom stereocenters. The number of pyridine rings is 1. The molecular formula is C17H16ClN3O. The van der Waals surface area contributed by atoms with E-state index < -0.39 is 0 Å². The van der Waals surface area contributed by atoms with Crippen molar-refractivity contribution in [3.63, 3.8) is 0 Å². The predicted molar refractivity (Wildman–Crippen MR) is 87.8 cm³/mol. The monoisotopic (exact) mass is 313 g/mol. The number of amides is 1. The van der Waals surface area contributed by atoms with Crippen molar-refractivity contribution in [3.05, 3.63) is 59.4 Å². The van der Waals surface area contributed by atoms with Gasteiger partial charge in [0.25, 0.3) is 0 Å². The minimum Gasteiger partial charge on any atom is -0.342 e. The molecule has 5 heteroatoms. The SMILES string of the molecule is CC(=O)N(C)Cc1ccc(-c2cn3cc(Cl)ccc3n2)cc1. The molecule has 112 valence electrons. The molecule has 1 aromatic carbocycles. The number of rotatable bonds is 3. The maximum atomic E-state index is 11.3. The van der Waals surface area contributed by atoms with Gasteiger partial charge in [-0.3, -0.25) is 4.79 Å². The van der Waals surface area contributed by atoms with Crippen molar-refractivity contribution in [2.24, 2.45) is 0 Å². The van der Waals surface area contributed by atoms with Crippen LogP contribution in [0.15, 0.2) is 48.8 Å². The second kappa shape index (κ2) is 5.81. The summed E-state index contributed by atoms with van der Waals surface area (Å²) in [5, 5.41) is 0.680. The minimum atomic E-state index is 0.0568. The molecule has 22 heavy (non-hydrogen) atoms. The Morgan fingerprint density at radius 2 is 1.91 bits per heavy atom. The number of nitrogens with zero attached hydrogens (tertiary/aromatic N) is 3. The van der Waals surface area contributed by atoms with Crippen molar-refractivity contribution in [2.75, 3.05) is 7.05 Å². The topological polar surface area (TPSA) is 37.6 Å². The molecule has 0 radical (unpaired) electrons. The molecule has 0 bridgehead atoms. The fourth-order valence-electron chi connectivity index (χ4n) is 2.27. The predicted octanol–water partition coefficient (Wildman–Crippen LogP) is 3.63. The summed E-state index contributed by atoms with van der Waals surface area (Å²) in [6, 6.07) is 11.8. The van der Waals surface area contributed by atoms with Crippen LogP contribution in [0.3, 0.4) is 0 Å². The van der Waals surface area contributed by atoms with Gasteiger partial charge >= 0.3 is 0 Å². The van der Waals surface area contributed by atoms with Crippen LogP contribution in [0, 0.1) is 0 Å². The molecule has 0 aliphatic heterocycles. The molecule has 2 heterocycles. The maximum Gasteiger partial charge on any atom is 0.219 e. The van der Waals surface area contributed by atoms with Gasteiger partial charge in [0.2, 0.25) is 5.91 Å². The van der Waals surface area contributed by atoms with Crippen LogP contribution >= 0.6 is 11.6 Å². The third kappa shape index (κ3) is 2.97. The van der Waals surface area contributed by atoms with Crippen LogP contribution in [-0.4, -0.2) is 27.2 Å². The average molecular weight is 314 g/mol. The molecule has 3 aromatic rings. The lowest BCUT2D eigenvalue weighted by Crippen LogP contribution is -2.22. The van der Waals surface area contributed by atoms with Gasteiger partial charge in [-0.25, -0.2) is 4.98 Å². The fraction of sp³-hybridized carbons (Fsp3) is 0.176. The van der Waals surface area contributed by atoms with Crippen LogP contribution in [-0.2, 0) is 11.3 Å². The zero-order chi connectivity index (χ0) is 15.7. The first kappa shape index (κ1) is 14.6. The molecule has 0 aliphatic rings. The summed E-state index contributed by atoms with van der Waals surface area (Å²) >= 11 is 5.99. The summed E-state index contributed by atoms with van der Waals surface area (Å²) in [5.41, 5.74) is 3.89. The number of aromatic nitrogens is 2. The van der Waals surface area contributed by atoms with E-state index in [0.717, 1.165) is 22.5 Å². The zero-order valence-electron chi connectivity index (χ0n) is 12.5. The van der Waals surface area contributed by atoms with Gasteiger partial charge in [0, 0.05) is 38.5 Å². The smallest absolute Gasteiger partial charge is 0.219 e. The van der Waals surface area contributed by atoms with E-state index in [1.807, 2.05) is 53.2 Å². The van der Waals surface area contributed by atoms with Crippen molar-refractivity contribution in [2.45, 2.75) is 13.5 Å². The van der Waals surface area contributed by atoms with Crippen LogP contribution in [0.25, 0.3) is 16.9 Å². The quantitative estimate of drug-likeness (QED) is 0.740. The molecule has 0 fully saturated rings. The highest BCUT2D eigenvalue weighted by Gasteiger charge is 2.06. The molecule has 0 spiro atoms. The van der Waals surface area contributed by atoms with E-state index in [1.54, 1.807) is 18.9 Å². The first-order valence-electron chi connectivity index (χ1n) is 6.98. The van der Waals surface area contributed by atoms with Crippen LogP contribution in [0.1, 0.15) is 12.5 Å². The third-order valence-electron chi connectivity index (χ3n) is 3.62. The van der Waals surface area contributed by atoms with Crippen LogP contribution in [0.4, 0.5) is 0 Å². The molecule has 0 saturated carbocycles. The Labute approximate surface area is 134 Å². The van der Waals surface area contributed by atoms with Gasteiger partial charge in [-0.2, -0.15) is 0 Å². The number of halogens is 1. The van der Waals surface area contributed by atoms with Gasteiger partial charge in [0.1, 0.15) is 5.65 Å². The van der Waals surface area contributed by atoms with Gasteiger partial charge in [-0.15, -0.1) is 0 Å². The second-order valence-electron chi connectivity index (χ2n) is 5.31. The highest BCUT2D eigenvalue weighted by molar-refractivity contribution is 6.30. The first-order valence-corrected chi connectivity index (χ1v) is 7.36. The molecule has 0 aliphatic carbocycles. The minimum absolute atomic E-state index is 0.0568. The Balaban J connectivity index is 1.86. The zero-order valence-corrected chi connectivity index (χ0v) is 13.2. The number of fused-ring (bicyclic) bond motifs is 1. The van der Waals surface area contributed by atoms with Crippen molar-refractivity contribution in [1.29, 1.82) is 0 Å². The Hall–Kier alpha value is -2.33. The normalized spacial score (nSPS) is 10.9. The van der Waals surface area contributed by atoms with E-state index in [4.69, 9.17) is 11.6 Å². The van der Waals surface area contributed by atoms with Crippen LogP contribution in [0.2, 0.25) is 5.02 Å². The number of carbonyl (C=O) groups is 1. The lowest BCUT2D eigenvalue weighted by molar-refractivity contribution is -0.128. The molecule has 4 nitrogen and oxygen atoms in total. The van der Waals surface area contributed by atoms with E-state index in [1.165, 1.54) is 0 Å². The van der Waals surface area contributed by atoms with Gasteiger partial charge in [-0.1, -0.05) is 35.9 Å². The summed E-state index contributed by atoms with van der Waals surface area (Å²) in [6.07, 6.45) is 3.79. The van der Waals surface area contributed by atoms with Crippen molar-refractivity contribution in [1.82, 2.24) is 14.3 Å². The maximum absolute atomic E-state index is 11.3. The Bertz CT molecular complexity index is 824. The highest BCUT2D eigenvalue weighted by atomic mass is 35.5. The summed E-state index contributed by atoms with van der Waals surface area (Å²) in [6.45, 7) is 2.17. The fourth-order valence-corrected chi connectivity index (χ4v) is 2.44. The average Bonchev–Trinajstić information content (AvgIpc) is 2.90. The first-order chi connectivity index (χ1) is 10.5. The van der Waals surface area contributed by atoms with E-state index in [9.17, 15) is 4.79 Å². The molecular weight excluding hydrogens is 298 g/mol. The van der Waals surface area contributed by atoms with E-state index in [0.29, 0.717) is 11.6 Å². The number of benzene rings is 1. The second-order valence-corrected chi connectivity index (χ2v) is 5.75. The van der Waals surface area contributed by atoms with E-state index in [2.05, 4.69) is 4.98 Å². The Morgan fingerprint density at radius 1 is 1.18 bits per heavy atom. The van der Waals surface area contributed by atoms with Gasteiger partial charge in [-0.05, 0) is 17.7 Å².